The maximum atomic E-state index is 12.8. The summed E-state index contributed by atoms with van der Waals surface area (Å²) in [4.78, 5) is 31.9. The Kier molecular flexibility index (Phi) is 4.44. The molecule has 1 aromatic carbocycles. The van der Waals surface area contributed by atoms with Gasteiger partial charge in [-0.25, -0.2) is 4.79 Å². The number of amides is 1. The van der Waals surface area contributed by atoms with Crippen molar-refractivity contribution < 1.29 is 14.3 Å². The van der Waals surface area contributed by atoms with Gasteiger partial charge in [0, 0.05) is 23.7 Å². The molecule has 1 saturated carbocycles. The zero-order chi connectivity index (χ0) is 20.1. The Balaban J connectivity index is 1.47. The number of likely N-dealkylation sites (tertiary alicyclic amines) is 1. The molecule has 0 N–H and O–H groups in total. The third kappa shape index (κ3) is 3.50. The summed E-state index contributed by atoms with van der Waals surface area (Å²) in [5.41, 5.74) is 2.38. The number of nitrogens with zero attached hydrogens (tertiary/aromatic N) is 2. The second kappa shape index (κ2) is 6.57. The highest BCUT2D eigenvalue weighted by Gasteiger charge is 2.50. The fraction of sp³-hybridized carbons (Fsp3) is 0.522. The van der Waals surface area contributed by atoms with E-state index >= 15 is 0 Å². The molecule has 28 heavy (non-hydrogen) atoms. The van der Waals surface area contributed by atoms with Crippen LogP contribution >= 0.6 is 0 Å². The Morgan fingerprint density at radius 3 is 2.75 bits per heavy atom. The van der Waals surface area contributed by atoms with Crippen molar-refractivity contribution in [3.63, 3.8) is 0 Å². The Bertz CT molecular complexity index is 952. The van der Waals surface area contributed by atoms with Crippen LogP contribution in [0.4, 0.5) is 0 Å². The molecule has 1 aromatic heterocycles. The first-order chi connectivity index (χ1) is 13.2. The first kappa shape index (κ1) is 18.9. The number of ether oxygens (including phenoxy) is 1. The summed E-state index contributed by atoms with van der Waals surface area (Å²) in [5.74, 6) is -0.557. The van der Waals surface area contributed by atoms with Crippen molar-refractivity contribution in [3.8, 4) is 0 Å². The van der Waals surface area contributed by atoms with Crippen molar-refractivity contribution in [2.45, 2.75) is 53.0 Å². The number of esters is 1. The lowest BCUT2D eigenvalue weighted by Crippen LogP contribution is -2.39. The number of hydrogen-bond donors (Lipinski definition) is 0. The fourth-order valence-corrected chi connectivity index (χ4v) is 5.52. The summed E-state index contributed by atoms with van der Waals surface area (Å²) in [6.07, 6.45) is 3.18. The highest BCUT2D eigenvalue weighted by Crippen LogP contribution is 2.52. The van der Waals surface area contributed by atoms with Gasteiger partial charge in [0.05, 0.1) is 11.1 Å². The smallest absolute Gasteiger partial charge is 0.339 e. The molecule has 2 bridgehead atoms. The summed E-state index contributed by atoms with van der Waals surface area (Å²) in [6.45, 7) is 9.23. The fourth-order valence-electron chi connectivity index (χ4n) is 5.52. The maximum absolute atomic E-state index is 12.8. The van der Waals surface area contributed by atoms with Crippen LogP contribution in [0.5, 0.6) is 0 Å². The van der Waals surface area contributed by atoms with E-state index in [4.69, 9.17) is 4.74 Å². The lowest BCUT2D eigenvalue weighted by atomic mass is 9.65. The van der Waals surface area contributed by atoms with Gasteiger partial charge in [-0.15, -0.1) is 0 Å². The van der Waals surface area contributed by atoms with E-state index in [1.54, 1.807) is 6.07 Å². The van der Waals surface area contributed by atoms with Crippen LogP contribution in [-0.4, -0.2) is 41.0 Å². The third-order valence-corrected chi connectivity index (χ3v) is 6.13. The second-order valence-electron chi connectivity index (χ2n) is 9.64. The molecule has 1 saturated heterocycles. The van der Waals surface area contributed by atoms with Crippen molar-refractivity contribution in [2.24, 2.45) is 10.8 Å². The molecule has 148 valence electrons. The van der Waals surface area contributed by atoms with Crippen LogP contribution in [0.3, 0.4) is 0 Å². The molecule has 5 heteroatoms. The van der Waals surface area contributed by atoms with Gasteiger partial charge in [-0.3, -0.25) is 9.78 Å². The number of aryl methyl sites for hydroxylation is 1. The van der Waals surface area contributed by atoms with E-state index in [0.717, 1.165) is 42.4 Å². The lowest BCUT2D eigenvalue weighted by molar-refractivity contribution is -0.135. The van der Waals surface area contributed by atoms with Crippen LogP contribution < -0.4 is 0 Å². The van der Waals surface area contributed by atoms with Gasteiger partial charge < -0.3 is 9.64 Å². The Labute approximate surface area is 166 Å². The van der Waals surface area contributed by atoms with Crippen molar-refractivity contribution in [2.75, 3.05) is 13.2 Å². The van der Waals surface area contributed by atoms with Gasteiger partial charge in [-0.2, -0.15) is 0 Å². The molecule has 2 fully saturated rings. The number of carbonyl (C=O) groups is 2. The first-order valence-corrected chi connectivity index (χ1v) is 9.99. The van der Waals surface area contributed by atoms with Gasteiger partial charge in [0.25, 0.3) is 5.91 Å². The number of hydrogen-bond acceptors (Lipinski definition) is 4. The highest BCUT2D eigenvalue weighted by atomic mass is 16.5. The van der Waals surface area contributed by atoms with E-state index in [0.29, 0.717) is 5.56 Å². The SMILES string of the molecule is Cc1cc(C(=O)OCC(=O)N2C[C@@]3(C)C[C@@H]2CC(C)(C)C3)c2ccccc2n1. The summed E-state index contributed by atoms with van der Waals surface area (Å²) in [5, 5.41) is 0.747. The molecule has 4 rings (SSSR count). The standard InChI is InChI=1S/C23H28N2O3/c1-15-9-18(17-7-5-6-8-19(17)24-15)21(27)28-12-20(26)25-14-23(4)11-16(25)10-22(2,3)13-23/h5-9,16H,10-14H2,1-4H3/t16-,23-/m0/s1. The summed E-state index contributed by atoms with van der Waals surface area (Å²) >= 11 is 0. The Morgan fingerprint density at radius 1 is 1.21 bits per heavy atom. The van der Waals surface area contributed by atoms with Gasteiger partial charge in [0.1, 0.15) is 0 Å². The van der Waals surface area contributed by atoms with E-state index in [2.05, 4.69) is 25.8 Å². The zero-order valence-electron chi connectivity index (χ0n) is 17.1. The normalized spacial score (nSPS) is 25.7. The molecule has 2 aliphatic rings. The molecule has 1 amide bonds. The molecule has 2 atom stereocenters. The monoisotopic (exact) mass is 380 g/mol. The van der Waals surface area contributed by atoms with Crippen molar-refractivity contribution in [1.82, 2.24) is 9.88 Å². The summed E-state index contributed by atoms with van der Waals surface area (Å²) in [6, 6.07) is 9.46. The number of rotatable bonds is 3. The quantitative estimate of drug-likeness (QED) is 0.752. The third-order valence-electron chi connectivity index (χ3n) is 6.13. The van der Waals surface area contributed by atoms with Crippen molar-refractivity contribution in [1.29, 1.82) is 0 Å². The van der Waals surface area contributed by atoms with Crippen LogP contribution in [0.25, 0.3) is 10.9 Å². The molecule has 0 spiro atoms. The van der Waals surface area contributed by atoms with E-state index < -0.39 is 5.97 Å². The molecule has 2 aromatic rings. The van der Waals surface area contributed by atoms with Crippen LogP contribution in [0.15, 0.2) is 30.3 Å². The molecule has 2 heterocycles. The zero-order valence-corrected chi connectivity index (χ0v) is 17.1. The van der Waals surface area contributed by atoms with Crippen LogP contribution in [0.1, 0.15) is 56.1 Å². The lowest BCUT2D eigenvalue weighted by Gasteiger charge is -2.39. The number of benzene rings is 1. The van der Waals surface area contributed by atoms with Crippen LogP contribution in [0, 0.1) is 17.8 Å². The number of fused-ring (bicyclic) bond motifs is 3. The molecule has 0 radical (unpaired) electrons. The maximum Gasteiger partial charge on any atom is 0.339 e. The minimum absolute atomic E-state index is 0.0881. The van der Waals surface area contributed by atoms with Gasteiger partial charge in [-0.1, -0.05) is 39.0 Å². The van der Waals surface area contributed by atoms with Gasteiger partial charge in [-0.05, 0) is 49.1 Å². The predicted molar refractivity (Wildman–Crippen MR) is 108 cm³/mol. The Hall–Kier alpha value is -2.43. The van der Waals surface area contributed by atoms with Gasteiger partial charge in [0.2, 0.25) is 0 Å². The molecule has 5 nitrogen and oxygen atoms in total. The van der Waals surface area contributed by atoms with Gasteiger partial charge >= 0.3 is 5.97 Å². The molecular weight excluding hydrogens is 352 g/mol. The largest absolute Gasteiger partial charge is 0.452 e. The predicted octanol–water partition coefficient (Wildman–Crippen LogP) is 4.13. The van der Waals surface area contributed by atoms with Crippen LogP contribution in [0.2, 0.25) is 0 Å². The molecule has 1 aliphatic heterocycles. The van der Waals surface area contributed by atoms with Crippen molar-refractivity contribution in [3.05, 3.63) is 41.6 Å². The summed E-state index contributed by atoms with van der Waals surface area (Å²) < 4.78 is 5.44. The molecule has 1 aliphatic carbocycles. The van der Waals surface area contributed by atoms with E-state index in [1.165, 1.54) is 0 Å². The second-order valence-corrected chi connectivity index (χ2v) is 9.64. The minimum Gasteiger partial charge on any atom is -0.452 e. The number of aromatic nitrogens is 1. The highest BCUT2D eigenvalue weighted by molar-refractivity contribution is 6.04. The average molecular weight is 380 g/mol. The topological polar surface area (TPSA) is 59.5 Å². The minimum atomic E-state index is -0.469. The Morgan fingerprint density at radius 2 is 1.96 bits per heavy atom. The van der Waals surface area contributed by atoms with E-state index in [1.807, 2.05) is 36.1 Å². The molecule has 0 unspecified atom stereocenters. The number of pyridine rings is 1. The number of carbonyl (C=O) groups excluding carboxylic acids is 2. The molecular formula is C23H28N2O3. The van der Waals surface area contributed by atoms with Crippen molar-refractivity contribution >= 4 is 22.8 Å². The van der Waals surface area contributed by atoms with E-state index in [-0.39, 0.29) is 29.4 Å². The van der Waals surface area contributed by atoms with E-state index in [9.17, 15) is 9.59 Å². The van der Waals surface area contributed by atoms with Gasteiger partial charge in [0.15, 0.2) is 6.61 Å². The number of para-hydroxylation sites is 1. The van der Waals surface area contributed by atoms with Crippen LogP contribution in [-0.2, 0) is 9.53 Å². The average Bonchev–Trinajstić information content (AvgIpc) is 2.87. The summed E-state index contributed by atoms with van der Waals surface area (Å²) in [7, 11) is 0. The first-order valence-electron chi connectivity index (χ1n) is 9.99.